The van der Waals surface area contributed by atoms with Gasteiger partial charge in [-0.05, 0) is 19.4 Å². The van der Waals surface area contributed by atoms with Crippen molar-refractivity contribution in [3.05, 3.63) is 0 Å². The maximum Gasteiger partial charge on any atom is 0.193 e. The van der Waals surface area contributed by atoms with E-state index in [9.17, 15) is 0 Å². The normalized spacial score (nSPS) is 20.1. The van der Waals surface area contributed by atoms with Crippen LogP contribution in [-0.4, -0.2) is 44.5 Å². The fraction of sp³-hybridized carbons (Fsp3) is 0.900. The fourth-order valence-corrected chi connectivity index (χ4v) is 1.67. The SMILES string of the molecule is COC1(OC)CN(CCCCC#N)C1. The van der Waals surface area contributed by atoms with Crippen molar-refractivity contribution in [2.24, 2.45) is 0 Å². The monoisotopic (exact) mass is 198 g/mol. The third-order valence-corrected chi connectivity index (χ3v) is 2.69. The molecular formula is C10H18N2O2. The fourth-order valence-electron chi connectivity index (χ4n) is 1.67. The highest BCUT2D eigenvalue weighted by Gasteiger charge is 2.43. The van der Waals surface area contributed by atoms with Gasteiger partial charge in [-0.25, -0.2) is 0 Å². The summed E-state index contributed by atoms with van der Waals surface area (Å²) >= 11 is 0. The summed E-state index contributed by atoms with van der Waals surface area (Å²) in [5, 5.41) is 8.36. The number of likely N-dealkylation sites (tertiary alicyclic amines) is 1. The summed E-state index contributed by atoms with van der Waals surface area (Å²) in [5.74, 6) is -0.366. The summed E-state index contributed by atoms with van der Waals surface area (Å²) in [7, 11) is 3.35. The largest absolute Gasteiger partial charge is 0.351 e. The Kier molecular flexibility index (Phi) is 4.33. The van der Waals surface area contributed by atoms with Gasteiger partial charge in [-0.1, -0.05) is 0 Å². The van der Waals surface area contributed by atoms with Crippen LogP contribution in [0, 0.1) is 11.3 Å². The van der Waals surface area contributed by atoms with Crippen LogP contribution >= 0.6 is 0 Å². The Balaban J connectivity index is 2.06. The molecule has 4 nitrogen and oxygen atoms in total. The first-order valence-corrected chi connectivity index (χ1v) is 4.96. The minimum absolute atomic E-state index is 0.366. The molecule has 0 aromatic carbocycles. The molecule has 0 radical (unpaired) electrons. The highest BCUT2D eigenvalue weighted by Crippen LogP contribution is 2.25. The molecule has 1 aliphatic heterocycles. The lowest BCUT2D eigenvalue weighted by molar-refractivity contribution is -0.275. The molecule has 4 heteroatoms. The van der Waals surface area contributed by atoms with Crippen molar-refractivity contribution >= 4 is 0 Å². The molecule has 1 fully saturated rings. The van der Waals surface area contributed by atoms with E-state index in [0.29, 0.717) is 6.42 Å². The van der Waals surface area contributed by atoms with Gasteiger partial charge in [-0.3, -0.25) is 4.90 Å². The number of unbranched alkanes of at least 4 members (excludes halogenated alkanes) is 2. The van der Waals surface area contributed by atoms with Gasteiger partial charge in [0.05, 0.1) is 19.2 Å². The third kappa shape index (κ3) is 2.68. The average Bonchev–Trinajstić information content (AvgIpc) is 2.16. The van der Waals surface area contributed by atoms with Crippen molar-refractivity contribution in [1.82, 2.24) is 4.90 Å². The maximum atomic E-state index is 8.36. The summed E-state index contributed by atoms with van der Waals surface area (Å²) in [4.78, 5) is 2.28. The standard InChI is InChI=1S/C10H18N2O2/c1-13-10(14-2)8-12(9-10)7-5-3-4-6-11/h3-5,7-9H2,1-2H3. The molecule has 0 aromatic rings. The first-order valence-electron chi connectivity index (χ1n) is 4.96. The summed E-state index contributed by atoms with van der Waals surface area (Å²) in [6.45, 7) is 2.72. The molecule has 0 spiro atoms. The lowest BCUT2D eigenvalue weighted by Crippen LogP contribution is -2.63. The Labute approximate surface area is 85.4 Å². The van der Waals surface area contributed by atoms with Gasteiger partial charge in [-0.2, -0.15) is 5.26 Å². The van der Waals surface area contributed by atoms with Crippen LogP contribution in [0.2, 0.25) is 0 Å². The molecule has 0 aromatic heterocycles. The smallest absolute Gasteiger partial charge is 0.193 e. The van der Waals surface area contributed by atoms with Crippen LogP contribution in [0.1, 0.15) is 19.3 Å². The number of methoxy groups -OCH3 is 2. The zero-order chi connectivity index (χ0) is 10.4. The Bertz CT molecular complexity index is 201. The number of hydrogen-bond acceptors (Lipinski definition) is 4. The van der Waals surface area contributed by atoms with Gasteiger partial charge in [0.1, 0.15) is 0 Å². The molecule has 0 bridgehead atoms. The van der Waals surface area contributed by atoms with Crippen LogP contribution in [-0.2, 0) is 9.47 Å². The predicted molar refractivity (Wildman–Crippen MR) is 52.7 cm³/mol. The minimum atomic E-state index is -0.366. The van der Waals surface area contributed by atoms with Crippen LogP contribution in [0.4, 0.5) is 0 Å². The molecule has 0 unspecified atom stereocenters. The van der Waals surface area contributed by atoms with E-state index in [1.807, 2.05) is 0 Å². The molecule has 0 amide bonds. The van der Waals surface area contributed by atoms with E-state index in [1.54, 1.807) is 14.2 Å². The van der Waals surface area contributed by atoms with E-state index < -0.39 is 0 Å². The average molecular weight is 198 g/mol. The van der Waals surface area contributed by atoms with Crippen LogP contribution in [0.5, 0.6) is 0 Å². The van der Waals surface area contributed by atoms with Crippen molar-refractivity contribution < 1.29 is 9.47 Å². The lowest BCUT2D eigenvalue weighted by atomic mass is 10.1. The Morgan fingerprint density at radius 3 is 2.43 bits per heavy atom. The summed E-state index contributed by atoms with van der Waals surface area (Å²) in [6.07, 6.45) is 2.73. The molecule has 14 heavy (non-hydrogen) atoms. The van der Waals surface area contributed by atoms with Crippen LogP contribution in [0.25, 0.3) is 0 Å². The molecule has 1 saturated heterocycles. The molecule has 0 aliphatic carbocycles. The van der Waals surface area contributed by atoms with Crippen molar-refractivity contribution in [2.45, 2.75) is 25.0 Å². The number of ether oxygens (including phenoxy) is 2. The van der Waals surface area contributed by atoms with Crippen molar-refractivity contribution in [2.75, 3.05) is 33.9 Å². The minimum Gasteiger partial charge on any atom is -0.351 e. The van der Waals surface area contributed by atoms with Gasteiger partial charge in [0.25, 0.3) is 0 Å². The van der Waals surface area contributed by atoms with Crippen molar-refractivity contribution in [1.29, 1.82) is 5.26 Å². The van der Waals surface area contributed by atoms with Crippen molar-refractivity contribution in [3.8, 4) is 6.07 Å². The second kappa shape index (κ2) is 5.30. The first-order chi connectivity index (χ1) is 6.76. The van der Waals surface area contributed by atoms with Gasteiger partial charge in [0, 0.05) is 20.6 Å². The Morgan fingerprint density at radius 2 is 1.93 bits per heavy atom. The van der Waals surface area contributed by atoms with Crippen LogP contribution < -0.4 is 0 Å². The Morgan fingerprint density at radius 1 is 1.29 bits per heavy atom. The second-order valence-electron chi connectivity index (χ2n) is 3.64. The lowest BCUT2D eigenvalue weighted by Gasteiger charge is -2.47. The van der Waals surface area contributed by atoms with Gasteiger partial charge < -0.3 is 9.47 Å². The molecular weight excluding hydrogens is 180 g/mol. The number of hydrogen-bond donors (Lipinski definition) is 0. The van der Waals surface area contributed by atoms with E-state index in [2.05, 4.69) is 11.0 Å². The van der Waals surface area contributed by atoms with Crippen LogP contribution in [0.3, 0.4) is 0 Å². The van der Waals surface area contributed by atoms with E-state index >= 15 is 0 Å². The van der Waals surface area contributed by atoms with Gasteiger partial charge >= 0.3 is 0 Å². The second-order valence-corrected chi connectivity index (χ2v) is 3.64. The number of nitrogens with zero attached hydrogens (tertiary/aromatic N) is 2. The van der Waals surface area contributed by atoms with E-state index in [-0.39, 0.29) is 5.79 Å². The molecule has 80 valence electrons. The van der Waals surface area contributed by atoms with E-state index in [4.69, 9.17) is 14.7 Å². The molecule has 0 N–H and O–H groups in total. The van der Waals surface area contributed by atoms with Gasteiger partial charge in [0.15, 0.2) is 5.79 Å². The van der Waals surface area contributed by atoms with Crippen molar-refractivity contribution in [3.63, 3.8) is 0 Å². The third-order valence-electron chi connectivity index (χ3n) is 2.69. The van der Waals surface area contributed by atoms with Gasteiger partial charge in [-0.15, -0.1) is 0 Å². The molecule has 0 saturated carbocycles. The number of nitriles is 1. The highest BCUT2D eigenvalue weighted by atomic mass is 16.7. The summed E-state index contributed by atoms with van der Waals surface area (Å²) in [5.41, 5.74) is 0. The summed E-state index contributed by atoms with van der Waals surface area (Å²) in [6, 6.07) is 2.15. The predicted octanol–water partition coefficient (Wildman–Crippen LogP) is 0.985. The maximum absolute atomic E-state index is 8.36. The zero-order valence-corrected chi connectivity index (χ0v) is 8.95. The summed E-state index contributed by atoms with van der Waals surface area (Å²) < 4.78 is 10.5. The topological polar surface area (TPSA) is 45.5 Å². The zero-order valence-electron chi connectivity index (χ0n) is 8.95. The quantitative estimate of drug-likeness (QED) is 0.471. The molecule has 1 aliphatic rings. The van der Waals surface area contributed by atoms with Gasteiger partial charge in [0.2, 0.25) is 0 Å². The number of rotatable bonds is 6. The Hall–Kier alpha value is -0.630. The van der Waals surface area contributed by atoms with Crippen LogP contribution in [0.15, 0.2) is 0 Å². The van der Waals surface area contributed by atoms with E-state index in [1.165, 1.54) is 0 Å². The molecule has 0 atom stereocenters. The van der Waals surface area contributed by atoms with E-state index in [0.717, 1.165) is 32.5 Å². The molecule has 1 heterocycles. The molecule has 1 rings (SSSR count). The first kappa shape index (κ1) is 11.4. The highest BCUT2D eigenvalue weighted by molar-refractivity contribution is 4.89.